The van der Waals surface area contributed by atoms with Gasteiger partial charge in [0.25, 0.3) is 30.6 Å². The lowest BCUT2D eigenvalue weighted by atomic mass is 10.1. The second kappa shape index (κ2) is 33.5. The zero-order valence-corrected chi connectivity index (χ0v) is 66.7. The van der Waals surface area contributed by atoms with Gasteiger partial charge in [-0.15, -0.1) is 34.0 Å². The molecule has 9 aromatic rings. The molecule has 576 valence electrons. The fraction of sp³-hybridized carbons (Fsp3) is 0.227. The van der Waals surface area contributed by atoms with Crippen LogP contribution in [0.2, 0.25) is 15.1 Å². The molecule has 3 aromatic heterocycles. The molecular weight excluding hydrogens is 1650 g/mol. The molecule has 0 radical (unpaired) electrons. The first-order chi connectivity index (χ1) is 50.5. The van der Waals surface area contributed by atoms with Crippen LogP contribution in [0.5, 0.6) is 0 Å². The highest BCUT2D eigenvalue weighted by Gasteiger charge is 2.44. The van der Waals surface area contributed by atoms with E-state index in [-0.39, 0.29) is 51.4 Å². The van der Waals surface area contributed by atoms with E-state index in [1.54, 1.807) is 91.0 Å². The van der Waals surface area contributed by atoms with E-state index >= 15 is 0 Å². The number of amides is 3. The summed E-state index contributed by atoms with van der Waals surface area (Å²) in [5.74, 6) is -3.61. The van der Waals surface area contributed by atoms with Crippen LogP contribution in [0.1, 0.15) is 52.0 Å². The van der Waals surface area contributed by atoms with Crippen molar-refractivity contribution >= 4 is 181 Å². The van der Waals surface area contributed by atoms with Gasteiger partial charge in [0.1, 0.15) is 35.6 Å². The molecule has 9 N–H and O–H groups in total. The standard InChI is InChI=1S/3C22H22ClFN4O5S3/c3*1-28-19(22(29)25-15-7-8-17(24)16(23)11-15)12-18(27-36(28,32)33)21-10-9-20(34-21)13-3-5-14(6-4-13)26-35(2,30)31/h3*3-11,18-19,26-27H,12H2,1-2H3,(H,25,29)/t2*18-,19+;/m10./s1. The summed E-state index contributed by atoms with van der Waals surface area (Å²) in [5, 5.41) is 7.32. The highest BCUT2D eigenvalue weighted by atomic mass is 35.5. The smallest absolute Gasteiger partial charge is 0.280 e. The lowest BCUT2D eigenvalue weighted by molar-refractivity contribution is -0.120. The first kappa shape index (κ1) is 82.8. The van der Waals surface area contributed by atoms with Crippen molar-refractivity contribution in [2.45, 2.75) is 55.5 Å². The van der Waals surface area contributed by atoms with Gasteiger partial charge >= 0.3 is 0 Å². The van der Waals surface area contributed by atoms with Crippen molar-refractivity contribution in [1.29, 1.82) is 0 Å². The van der Waals surface area contributed by atoms with E-state index in [0.29, 0.717) is 31.7 Å². The number of nitrogens with one attached hydrogen (secondary N) is 9. The Morgan fingerprint density at radius 2 is 0.602 bits per heavy atom. The van der Waals surface area contributed by atoms with Crippen LogP contribution in [0.25, 0.3) is 31.3 Å². The topological polar surface area (TPSA) is 374 Å². The molecule has 27 nitrogen and oxygen atoms in total. The van der Waals surface area contributed by atoms with Gasteiger partial charge in [-0.1, -0.05) is 71.2 Å². The van der Waals surface area contributed by atoms with Crippen LogP contribution in [0.3, 0.4) is 0 Å². The van der Waals surface area contributed by atoms with Crippen molar-refractivity contribution in [3.63, 3.8) is 0 Å². The zero-order valence-electron chi connectivity index (χ0n) is 57.1. The number of benzene rings is 6. The third-order valence-corrected chi connectivity index (χ3v) is 27.7. The van der Waals surface area contributed by atoms with E-state index < -0.39 is 132 Å². The van der Waals surface area contributed by atoms with Crippen LogP contribution < -0.4 is 44.3 Å². The maximum absolute atomic E-state index is 13.4. The average molecular weight is 1720 g/mol. The molecule has 42 heteroatoms. The van der Waals surface area contributed by atoms with Gasteiger partial charge in [-0.2, -0.15) is 52.3 Å². The molecule has 6 heterocycles. The quantitative estimate of drug-likeness (QED) is 0.0385. The van der Waals surface area contributed by atoms with E-state index in [0.717, 1.165) is 81.2 Å². The summed E-state index contributed by atoms with van der Waals surface area (Å²) >= 11 is 21.4. The van der Waals surface area contributed by atoms with Crippen LogP contribution in [-0.2, 0) is 75.1 Å². The Morgan fingerprint density at radius 3 is 0.815 bits per heavy atom. The summed E-state index contributed by atoms with van der Waals surface area (Å²) in [7, 11) is -18.1. The van der Waals surface area contributed by atoms with Gasteiger partial charge in [0.05, 0.1) is 52.0 Å². The zero-order chi connectivity index (χ0) is 78.8. The number of sulfonamides is 3. The molecule has 3 fully saturated rings. The van der Waals surface area contributed by atoms with E-state index in [2.05, 4.69) is 44.3 Å². The molecule has 3 amide bonds. The van der Waals surface area contributed by atoms with Gasteiger partial charge in [-0.05, 0) is 163 Å². The normalized spacial score (nSPS) is 20.1. The van der Waals surface area contributed by atoms with Crippen molar-refractivity contribution in [3.05, 3.63) is 211 Å². The van der Waals surface area contributed by atoms with E-state index in [4.69, 9.17) is 34.8 Å². The van der Waals surface area contributed by atoms with Crippen LogP contribution in [0, 0.1) is 17.5 Å². The number of thiophene rings is 3. The van der Waals surface area contributed by atoms with Crippen LogP contribution in [-0.4, -0.2) is 139 Å². The molecule has 0 bridgehead atoms. The highest BCUT2D eigenvalue weighted by molar-refractivity contribution is 7.92. The Kier molecular flexibility index (Phi) is 25.7. The number of anilines is 6. The summed E-state index contributed by atoms with van der Waals surface area (Å²) in [6.07, 6.45) is 3.68. The van der Waals surface area contributed by atoms with Crippen molar-refractivity contribution in [3.8, 4) is 31.3 Å². The lowest BCUT2D eigenvalue weighted by Gasteiger charge is -2.35. The molecule has 0 aliphatic carbocycles. The number of likely N-dealkylation sites (N-methyl/N-ethyl adjacent to an activating group) is 3. The van der Waals surface area contributed by atoms with Gasteiger partial charge in [0.2, 0.25) is 47.8 Å². The second-order valence-electron chi connectivity index (χ2n) is 24.6. The van der Waals surface area contributed by atoms with Crippen molar-refractivity contribution in [2.24, 2.45) is 0 Å². The average Bonchev–Trinajstić information content (AvgIpc) is 1.20. The summed E-state index contributed by atoms with van der Waals surface area (Å²) < 4.78 is 203. The molecule has 3 saturated heterocycles. The largest absolute Gasteiger partial charge is 0.325 e. The number of hydrogen-bond donors (Lipinski definition) is 9. The second-order valence-corrected chi connectivity index (χ2v) is 39.7. The molecule has 3 aliphatic rings. The first-order valence-electron chi connectivity index (χ1n) is 31.5. The van der Waals surface area contributed by atoms with Crippen LogP contribution >= 0.6 is 68.8 Å². The fourth-order valence-corrected chi connectivity index (χ4v) is 20.6. The van der Waals surface area contributed by atoms with E-state index in [1.807, 2.05) is 18.2 Å². The first-order valence-corrected chi connectivity index (χ1v) is 45.1. The van der Waals surface area contributed by atoms with Gasteiger partial charge < -0.3 is 16.0 Å². The van der Waals surface area contributed by atoms with Crippen LogP contribution in [0.15, 0.2) is 164 Å². The molecule has 12 rings (SSSR count). The van der Waals surface area contributed by atoms with Crippen molar-refractivity contribution in [2.75, 3.05) is 70.0 Å². The van der Waals surface area contributed by atoms with Crippen LogP contribution in [0.4, 0.5) is 47.3 Å². The molecule has 3 aliphatic heterocycles. The van der Waals surface area contributed by atoms with E-state index in [9.17, 15) is 78.1 Å². The Labute approximate surface area is 648 Å². The maximum atomic E-state index is 13.4. The van der Waals surface area contributed by atoms with Gasteiger partial charge in [-0.25, -0.2) is 38.4 Å². The van der Waals surface area contributed by atoms with Gasteiger partial charge in [0, 0.05) is 84.5 Å². The minimum Gasteiger partial charge on any atom is -0.325 e. The summed E-state index contributed by atoms with van der Waals surface area (Å²) in [4.78, 5) is 43.6. The number of hydrogen-bond acceptors (Lipinski definition) is 18. The molecule has 2 unspecified atom stereocenters. The highest BCUT2D eigenvalue weighted by Crippen LogP contribution is 2.41. The molecule has 108 heavy (non-hydrogen) atoms. The Morgan fingerprint density at radius 1 is 0.380 bits per heavy atom. The maximum Gasteiger partial charge on any atom is 0.280 e. The molecule has 0 saturated carbocycles. The van der Waals surface area contributed by atoms with Crippen molar-refractivity contribution in [1.82, 2.24) is 27.1 Å². The molecule has 0 spiro atoms. The number of halogens is 6. The predicted octanol–water partition coefficient (Wildman–Crippen LogP) is 11.4. The number of carbonyl (C=O) groups is 3. The Bertz CT molecular complexity index is 5080. The molecule has 6 aromatic carbocycles. The SMILES string of the molecule is CN1C(C(=O)Nc2ccc(F)c(Cl)c2)CC(c2ccc(-c3ccc(NS(C)(=O)=O)cc3)s2)NS1(=O)=O.CN1[C@@H](C(=O)Nc2ccc(F)c(Cl)c2)C[C@@H](c2ccc(-c3ccc(NS(C)(=O)=O)cc3)s2)NS1(=O)=O.CN1[C@H](C(=O)Nc2ccc(F)c(Cl)c2)C[C@H](c2ccc(-c3ccc(NS(C)(=O)=O)cc3)s2)NS1(=O)=O. The Hall–Kier alpha value is -7.65. The monoisotopic (exact) mass is 1720 g/mol. The van der Waals surface area contributed by atoms with Crippen molar-refractivity contribution < 1.29 is 78.1 Å². The predicted molar refractivity (Wildman–Crippen MR) is 418 cm³/mol. The molecular formula is C66H66Cl3F3N12O15S9. The summed E-state index contributed by atoms with van der Waals surface area (Å²) in [6.45, 7) is 0. The number of nitrogens with zero attached hydrogens (tertiary/aromatic N) is 3. The third-order valence-electron chi connectivity index (χ3n) is 16.5. The Balaban J connectivity index is 0.000000173. The minimum atomic E-state index is -3.96. The third kappa shape index (κ3) is 21.5. The van der Waals surface area contributed by atoms with Gasteiger partial charge in [0.15, 0.2) is 0 Å². The minimum absolute atomic E-state index is 0.160. The summed E-state index contributed by atoms with van der Waals surface area (Å²) in [6, 6.07) is 37.3. The number of rotatable bonds is 18. The fourth-order valence-electron chi connectivity index (χ4n) is 11.1. The molecule has 6 atom stereocenters. The number of carbonyl (C=O) groups excluding carboxylic acids is 3. The summed E-state index contributed by atoms with van der Waals surface area (Å²) in [5.41, 5.74) is 4.50. The van der Waals surface area contributed by atoms with Gasteiger partial charge in [-0.3, -0.25) is 28.5 Å². The van der Waals surface area contributed by atoms with E-state index in [1.165, 1.54) is 91.6 Å². The lowest BCUT2D eigenvalue weighted by Crippen LogP contribution is -2.55.